The van der Waals surface area contributed by atoms with E-state index in [1.165, 1.54) is 0 Å². The minimum absolute atomic E-state index is 0.157. The zero-order valence-corrected chi connectivity index (χ0v) is 8.89. The monoisotopic (exact) mass is 222 g/mol. The maximum Gasteiger partial charge on any atom is 0.377 e. The molecule has 1 unspecified atom stereocenters. The van der Waals surface area contributed by atoms with Crippen LogP contribution >= 0.6 is 0 Å². The summed E-state index contributed by atoms with van der Waals surface area (Å²) in [6.45, 7) is 3.52. The summed E-state index contributed by atoms with van der Waals surface area (Å²) < 4.78 is 26.6. The van der Waals surface area contributed by atoms with Gasteiger partial charge < -0.3 is 10.2 Å². The van der Waals surface area contributed by atoms with E-state index in [2.05, 4.69) is 0 Å². The summed E-state index contributed by atoms with van der Waals surface area (Å²) in [7, 11) is 0. The standard InChI is InChI=1S/C10H16F2O3/c1-8(2)4-3-5-9(15,6-8)10(11,12)7(13)14/h15H,3-6H2,1-2H3,(H,13,14). The van der Waals surface area contributed by atoms with Gasteiger partial charge in [-0.05, 0) is 31.1 Å². The summed E-state index contributed by atoms with van der Waals surface area (Å²) in [5, 5.41) is 18.2. The lowest BCUT2D eigenvalue weighted by molar-refractivity contribution is -0.224. The van der Waals surface area contributed by atoms with Crippen LogP contribution in [0.5, 0.6) is 0 Å². The number of hydrogen-bond acceptors (Lipinski definition) is 2. The molecule has 0 radical (unpaired) electrons. The Kier molecular flexibility index (Phi) is 2.80. The zero-order chi connectivity index (χ0) is 11.9. The highest BCUT2D eigenvalue weighted by atomic mass is 19.3. The van der Waals surface area contributed by atoms with E-state index in [0.29, 0.717) is 6.42 Å². The lowest BCUT2D eigenvalue weighted by atomic mass is 9.67. The molecule has 0 bridgehead atoms. The van der Waals surface area contributed by atoms with Gasteiger partial charge in [-0.2, -0.15) is 8.78 Å². The number of rotatable bonds is 2. The van der Waals surface area contributed by atoms with Crippen molar-refractivity contribution in [3.63, 3.8) is 0 Å². The molecule has 1 rings (SSSR count). The summed E-state index contributed by atoms with van der Waals surface area (Å²) in [6.07, 6.45) is 0.812. The van der Waals surface area contributed by atoms with E-state index in [-0.39, 0.29) is 12.8 Å². The maximum absolute atomic E-state index is 13.3. The fraction of sp³-hybridized carbons (Fsp3) is 0.900. The second kappa shape index (κ2) is 3.40. The average Bonchev–Trinajstić information content (AvgIpc) is 2.00. The van der Waals surface area contributed by atoms with E-state index in [1.807, 2.05) is 0 Å². The van der Waals surface area contributed by atoms with Crippen LogP contribution in [0.3, 0.4) is 0 Å². The maximum atomic E-state index is 13.3. The molecule has 1 aliphatic rings. The molecule has 0 aromatic rings. The van der Waals surface area contributed by atoms with Gasteiger partial charge in [0, 0.05) is 0 Å². The molecule has 1 fully saturated rings. The van der Waals surface area contributed by atoms with Crippen molar-refractivity contribution >= 4 is 5.97 Å². The number of carbonyl (C=O) groups is 1. The molecule has 5 heteroatoms. The van der Waals surface area contributed by atoms with Crippen LogP contribution in [0.25, 0.3) is 0 Å². The number of alkyl halides is 2. The number of halogens is 2. The van der Waals surface area contributed by atoms with Gasteiger partial charge in [-0.15, -0.1) is 0 Å². The Morgan fingerprint density at radius 1 is 1.33 bits per heavy atom. The second-order valence-corrected chi connectivity index (χ2v) is 5.11. The molecule has 0 saturated heterocycles. The quantitative estimate of drug-likeness (QED) is 0.751. The molecule has 0 spiro atoms. The van der Waals surface area contributed by atoms with Gasteiger partial charge in [0.2, 0.25) is 0 Å². The first-order chi connectivity index (χ1) is 6.61. The van der Waals surface area contributed by atoms with Gasteiger partial charge >= 0.3 is 11.9 Å². The summed E-state index contributed by atoms with van der Waals surface area (Å²) in [6, 6.07) is 0. The molecule has 3 nitrogen and oxygen atoms in total. The van der Waals surface area contributed by atoms with E-state index in [0.717, 1.165) is 6.42 Å². The molecule has 0 amide bonds. The van der Waals surface area contributed by atoms with Gasteiger partial charge in [0.05, 0.1) is 0 Å². The molecule has 0 aliphatic heterocycles. The Morgan fingerprint density at radius 3 is 2.27 bits per heavy atom. The van der Waals surface area contributed by atoms with Crippen LogP contribution in [-0.2, 0) is 4.79 Å². The lowest BCUT2D eigenvalue weighted by Gasteiger charge is -2.43. The van der Waals surface area contributed by atoms with Crippen molar-refractivity contribution in [3.05, 3.63) is 0 Å². The van der Waals surface area contributed by atoms with E-state index in [4.69, 9.17) is 5.11 Å². The van der Waals surface area contributed by atoms with Crippen LogP contribution in [0.2, 0.25) is 0 Å². The van der Waals surface area contributed by atoms with Crippen molar-refractivity contribution in [2.45, 2.75) is 51.1 Å². The third-order valence-corrected chi connectivity index (χ3v) is 3.07. The molecule has 0 aromatic heterocycles. The van der Waals surface area contributed by atoms with E-state index in [1.54, 1.807) is 13.8 Å². The molecule has 0 heterocycles. The highest BCUT2D eigenvalue weighted by Crippen LogP contribution is 2.47. The Bertz CT molecular complexity index is 276. The predicted octanol–water partition coefficient (Wildman–Crippen LogP) is 2.04. The average molecular weight is 222 g/mol. The Labute approximate surface area is 87.1 Å². The lowest BCUT2D eigenvalue weighted by Crippen LogP contribution is -2.56. The summed E-state index contributed by atoms with van der Waals surface area (Å²) >= 11 is 0. The largest absolute Gasteiger partial charge is 0.477 e. The second-order valence-electron chi connectivity index (χ2n) is 5.11. The molecule has 2 N–H and O–H groups in total. The van der Waals surface area contributed by atoms with E-state index >= 15 is 0 Å². The minimum Gasteiger partial charge on any atom is -0.477 e. The Balaban J connectivity index is 2.96. The van der Waals surface area contributed by atoms with Gasteiger partial charge in [0.25, 0.3) is 0 Å². The van der Waals surface area contributed by atoms with Gasteiger partial charge in [0.1, 0.15) is 5.60 Å². The molecule has 15 heavy (non-hydrogen) atoms. The fourth-order valence-corrected chi connectivity index (χ4v) is 2.29. The van der Waals surface area contributed by atoms with Crippen LogP contribution in [0, 0.1) is 5.41 Å². The highest BCUT2D eigenvalue weighted by Gasteiger charge is 2.61. The first-order valence-electron chi connectivity index (χ1n) is 4.94. The molecule has 1 saturated carbocycles. The van der Waals surface area contributed by atoms with E-state index in [9.17, 15) is 18.7 Å². The van der Waals surface area contributed by atoms with Gasteiger partial charge in [-0.25, -0.2) is 4.79 Å². The minimum atomic E-state index is -4.06. The Hall–Kier alpha value is -0.710. The number of carboxylic acid groups (broad SMARTS) is 1. The van der Waals surface area contributed by atoms with Crippen molar-refractivity contribution in [1.29, 1.82) is 0 Å². The zero-order valence-electron chi connectivity index (χ0n) is 8.89. The van der Waals surface area contributed by atoms with Crippen molar-refractivity contribution < 1.29 is 23.8 Å². The van der Waals surface area contributed by atoms with Crippen molar-refractivity contribution in [1.82, 2.24) is 0 Å². The Morgan fingerprint density at radius 2 is 1.87 bits per heavy atom. The molecular formula is C10H16F2O3. The van der Waals surface area contributed by atoms with Crippen LogP contribution in [0.15, 0.2) is 0 Å². The van der Waals surface area contributed by atoms with Crippen LogP contribution in [0.4, 0.5) is 8.78 Å². The number of aliphatic hydroxyl groups is 1. The summed E-state index contributed by atoms with van der Waals surface area (Å²) in [4.78, 5) is 10.4. The topological polar surface area (TPSA) is 57.5 Å². The smallest absolute Gasteiger partial charge is 0.377 e. The molecule has 88 valence electrons. The van der Waals surface area contributed by atoms with Crippen molar-refractivity contribution in [3.8, 4) is 0 Å². The van der Waals surface area contributed by atoms with Crippen molar-refractivity contribution in [2.75, 3.05) is 0 Å². The normalized spacial score (nSPS) is 31.3. The molecule has 1 aliphatic carbocycles. The predicted molar refractivity (Wildman–Crippen MR) is 49.8 cm³/mol. The first kappa shape index (κ1) is 12.4. The van der Waals surface area contributed by atoms with Gasteiger partial charge in [-0.3, -0.25) is 0 Å². The van der Waals surface area contributed by atoms with Gasteiger partial charge in [0.15, 0.2) is 0 Å². The van der Waals surface area contributed by atoms with E-state index < -0.39 is 22.9 Å². The van der Waals surface area contributed by atoms with Crippen LogP contribution in [-0.4, -0.2) is 27.7 Å². The fourth-order valence-electron chi connectivity index (χ4n) is 2.29. The SMILES string of the molecule is CC1(C)CCCC(O)(C(F)(F)C(=O)O)C1. The third kappa shape index (κ3) is 2.12. The van der Waals surface area contributed by atoms with Crippen LogP contribution < -0.4 is 0 Å². The van der Waals surface area contributed by atoms with Gasteiger partial charge in [-0.1, -0.05) is 13.8 Å². The third-order valence-electron chi connectivity index (χ3n) is 3.07. The molecule has 1 atom stereocenters. The highest BCUT2D eigenvalue weighted by molar-refractivity contribution is 5.77. The molecule has 0 aromatic carbocycles. The first-order valence-corrected chi connectivity index (χ1v) is 4.94. The number of carboxylic acids is 1. The van der Waals surface area contributed by atoms with Crippen molar-refractivity contribution in [2.24, 2.45) is 5.41 Å². The number of aliphatic carboxylic acids is 1. The van der Waals surface area contributed by atoms with Crippen LogP contribution in [0.1, 0.15) is 39.5 Å². The number of hydrogen-bond donors (Lipinski definition) is 2. The summed E-state index contributed by atoms with van der Waals surface area (Å²) in [5.74, 6) is -6.31. The molecular weight excluding hydrogens is 206 g/mol. The summed E-state index contributed by atoms with van der Waals surface area (Å²) in [5.41, 5.74) is -2.84.